The number of nitrogens with one attached hydrogen (secondary N) is 1. The number of rotatable bonds is 4. The molecule has 1 N–H and O–H groups in total. The summed E-state index contributed by atoms with van der Waals surface area (Å²) in [4.78, 5) is 25.6. The molecule has 2 aromatic rings. The number of hydrogen-bond acceptors (Lipinski definition) is 3. The zero-order valence-corrected chi connectivity index (χ0v) is 13.8. The van der Waals surface area contributed by atoms with E-state index >= 15 is 0 Å². The first-order chi connectivity index (χ1) is 11.6. The quantitative estimate of drug-likeness (QED) is 0.936. The summed E-state index contributed by atoms with van der Waals surface area (Å²) in [6.45, 7) is 3.44. The number of amides is 2. The molecule has 1 aliphatic rings. The van der Waals surface area contributed by atoms with Crippen molar-refractivity contribution in [3.63, 3.8) is 0 Å². The smallest absolute Gasteiger partial charge is 0.230 e. The molecule has 6 nitrogen and oxygen atoms in total. The molecule has 6 heteroatoms. The molecule has 1 fully saturated rings. The van der Waals surface area contributed by atoms with E-state index in [1.54, 1.807) is 22.6 Å². The van der Waals surface area contributed by atoms with Gasteiger partial charge in [0.25, 0.3) is 0 Å². The van der Waals surface area contributed by atoms with Gasteiger partial charge in [0.1, 0.15) is 0 Å². The number of likely N-dealkylation sites (tertiary alicyclic amines) is 1. The average molecular weight is 326 g/mol. The van der Waals surface area contributed by atoms with Crippen molar-refractivity contribution in [3.8, 4) is 0 Å². The van der Waals surface area contributed by atoms with Gasteiger partial charge in [-0.2, -0.15) is 5.10 Å². The highest BCUT2D eigenvalue weighted by Crippen LogP contribution is 2.18. The van der Waals surface area contributed by atoms with Crippen LogP contribution in [-0.2, 0) is 16.1 Å². The van der Waals surface area contributed by atoms with Crippen LogP contribution in [0.5, 0.6) is 0 Å². The summed E-state index contributed by atoms with van der Waals surface area (Å²) in [6, 6.07) is 11.8. The Morgan fingerprint density at radius 1 is 1.25 bits per heavy atom. The Balaban J connectivity index is 1.58. The van der Waals surface area contributed by atoms with E-state index in [2.05, 4.69) is 10.4 Å². The molecule has 0 saturated carbocycles. The minimum Gasteiger partial charge on any atom is -0.342 e. The van der Waals surface area contributed by atoms with Gasteiger partial charge >= 0.3 is 0 Å². The van der Waals surface area contributed by atoms with Gasteiger partial charge in [-0.15, -0.1) is 0 Å². The van der Waals surface area contributed by atoms with E-state index in [1.807, 2.05) is 36.5 Å². The molecule has 2 heterocycles. The largest absolute Gasteiger partial charge is 0.342 e. The van der Waals surface area contributed by atoms with Crippen LogP contribution >= 0.6 is 0 Å². The fraction of sp³-hybridized carbons (Fsp3) is 0.389. The van der Waals surface area contributed by atoms with Gasteiger partial charge in [0.15, 0.2) is 5.82 Å². The molecule has 24 heavy (non-hydrogen) atoms. The Bertz CT molecular complexity index is 711. The van der Waals surface area contributed by atoms with E-state index in [9.17, 15) is 9.59 Å². The number of anilines is 1. The zero-order chi connectivity index (χ0) is 16.9. The van der Waals surface area contributed by atoms with E-state index in [0.717, 1.165) is 24.9 Å². The van der Waals surface area contributed by atoms with Gasteiger partial charge in [-0.1, -0.05) is 30.3 Å². The Labute approximate surface area is 141 Å². The highest BCUT2D eigenvalue weighted by atomic mass is 16.2. The number of aromatic nitrogens is 2. The highest BCUT2D eigenvalue weighted by Gasteiger charge is 2.27. The molecule has 126 valence electrons. The fourth-order valence-electron chi connectivity index (χ4n) is 2.99. The van der Waals surface area contributed by atoms with Crippen LogP contribution in [0.2, 0.25) is 0 Å². The zero-order valence-electron chi connectivity index (χ0n) is 13.8. The molecule has 0 bridgehead atoms. The summed E-state index contributed by atoms with van der Waals surface area (Å²) in [5.74, 6) is 0.350. The van der Waals surface area contributed by atoms with Gasteiger partial charge in [-0.3, -0.25) is 14.3 Å². The SMILES string of the molecule is CC(=O)N1CCCC(C(=O)Nc2ccn(Cc3ccccc3)n2)C1. The van der Waals surface area contributed by atoms with Gasteiger partial charge in [0.2, 0.25) is 11.8 Å². The molecule has 0 aliphatic carbocycles. The first-order valence-electron chi connectivity index (χ1n) is 8.25. The average Bonchev–Trinajstić information content (AvgIpc) is 3.02. The number of hydrogen-bond donors (Lipinski definition) is 1. The van der Waals surface area contributed by atoms with Gasteiger partial charge < -0.3 is 10.2 Å². The first kappa shape index (κ1) is 16.2. The molecule has 0 spiro atoms. The molecular weight excluding hydrogens is 304 g/mol. The minimum atomic E-state index is -0.165. The molecule has 1 aromatic carbocycles. The topological polar surface area (TPSA) is 67.2 Å². The van der Waals surface area contributed by atoms with Crippen molar-refractivity contribution in [2.45, 2.75) is 26.3 Å². The third-order valence-electron chi connectivity index (χ3n) is 4.32. The molecule has 1 aliphatic heterocycles. The molecule has 1 unspecified atom stereocenters. The van der Waals surface area contributed by atoms with Gasteiger partial charge in [-0.05, 0) is 18.4 Å². The Kier molecular flexibility index (Phi) is 4.93. The van der Waals surface area contributed by atoms with Crippen LogP contribution in [0.15, 0.2) is 42.6 Å². The van der Waals surface area contributed by atoms with Crippen molar-refractivity contribution < 1.29 is 9.59 Å². The van der Waals surface area contributed by atoms with Crippen LogP contribution in [0.4, 0.5) is 5.82 Å². The predicted octanol–water partition coefficient (Wildman–Crippen LogP) is 2.13. The van der Waals surface area contributed by atoms with Crippen molar-refractivity contribution in [3.05, 3.63) is 48.2 Å². The molecule has 3 rings (SSSR count). The van der Waals surface area contributed by atoms with Crippen LogP contribution in [0.3, 0.4) is 0 Å². The summed E-state index contributed by atoms with van der Waals surface area (Å²) in [5.41, 5.74) is 1.16. The second-order valence-corrected chi connectivity index (χ2v) is 6.18. The lowest BCUT2D eigenvalue weighted by molar-refractivity contribution is -0.132. The van der Waals surface area contributed by atoms with Gasteiger partial charge in [-0.25, -0.2) is 0 Å². The number of carbonyl (C=O) groups excluding carboxylic acids is 2. The fourth-order valence-corrected chi connectivity index (χ4v) is 2.99. The Morgan fingerprint density at radius 2 is 2.04 bits per heavy atom. The lowest BCUT2D eigenvalue weighted by Crippen LogP contribution is -2.42. The number of benzene rings is 1. The normalized spacial score (nSPS) is 17.5. The number of carbonyl (C=O) groups is 2. The van der Waals surface area contributed by atoms with E-state index in [1.165, 1.54) is 0 Å². The van der Waals surface area contributed by atoms with E-state index < -0.39 is 0 Å². The maximum absolute atomic E-state index is 12.4. The second-order valence-electron chi connectivity index (χ2n) is 6.18. The summed E-state index contributed by atoms with van der Waals surface area (Å²) in [7, 11) is 0. The molecule has 2 amide bonds. The monoisotopic (exact) mass is 326 g/mol. The summed E-state index contributed by atoms with van der Waals surface area (Å²) >= 11 is 0. The highest BCUT2D eigenvalue weighted by molar-refractivity contribution is 5.92. The predicted molar refractivity (Wildman–Crippen MR) is 91.4 cm³/mol. The maximum atomic E-state index is 12.4. The number of piperidine rings is 1. The number of nitrogens with zero attached hydrogens (tertiary/aromatic N) is 3. The van der Waals surface area contributed by atoms with Crippen molar-refractivity contribution in [1.29, 1.82) is 0 Å². The Morgan fingerprint density at radius 3 is 2.79 bits per heavy atom. The summed E-state index contributed by atoms with van der Waals surface area (Å²) < 4.78 is 1.80. The van der Waals surface area contributed by atoms with Crippen LogP contribution in [0, 0.1) is 5.92 Å². The minimum absolute atomic E-state index is 0.0274. The molecule has 0 radical (unpaired) electrons. The molecule has 1 aromatic heterocycles. The lowest BCUT2D eigenvalue weighted by atomic mass is 9.97. The molecular formula is C18H22N4O2. The van der Waals surface area contributed by atoms with Crippen LogP contribution < -0.4 is 5.32 Å². The molecule has 1 saturated heterocycles. The van der Waals surface area contributed by atoms with Crippen LogP contribution in [0.1, 0.15) is 25.3 Å². The van der Waals surface area contributed by atoms with Crippen molar-refractivity contribution in [1.82, 2.24) is 14.7 Å². The van der Waals surface area contributed by atoms with Crippen molar-refractivity contribution in [2.75, 3.05) is 18.4 Å². The maximum Gasteiger partial charge on any atom is 0.230 e. The molecule has 1 atom stereocenters. The van der Waals surface area contributed by atoms with Crippen LogP contribution in [0.25, 0.3) is 0 Å². The van der Waals surface area contributed by atoms with Crippen molar-refractivity contribution >= 4 is 17.6 Å². The standard InChI is InChI=1S/C18H22N4O2/c1-14(23)21-10-5-8-16(13-21)18(24)19-17-9-11-22(20-17)12-15-6-3-2-4-7-15/h2-4,6-7,9,11,16H,5,8,10,12-13H2,1H3,(H,19,20,24). The van der Waals surface area contributed by atoms with Gasteiger partial charge in [0, 0.05) is 32.3 Å². The summed E-state index contributed by atoms with van der Waals surface area (Å²) in [5, 5.41) is 7.27. The van der Waals surface area contributed by atoms with Crippen molar-refractivity contribution in [2.24, 2.45) is 5.92 Å². The first-order valence-corrected chi connectivity index (χ1v) is 8.25. The van der Waals surface area contributed by atoms with Gasteiger partial charge in [0.05, 0.1) is 12.5 Å². The third-order valence-corrected chi connectivity index (χ3v) is 4.32. The summed E-state index contributed by atoms with van der Waals surface area (Å²) in [6.07, 6.45) is 3.52. The van der Waals surface area contributed by atoms with E-state index in [0.29, 0.717) is 18.9 Å². The van der Waals surface area contributed by atoms with E-state index in [4.69, 9.17) is 0 Å². The lowest BCUT2D eigenvalue weighted by Gasteiger charge is -2.31. The third kappa shape index (κ3) is 4.01. The van der Waals surface area contributed by atoms with Crippen LogP contribution in [-0.4, -0.2) is 39.6 Å². The van der Waals surface area contributed by atoms with E-state index in [-0.39, 0.29) is 17.7 Å². The Hall–Kier alpha value is -2.63. The second kappa shape index (κ2) is 7.29.